The Bertz CT molecular complexity index is 2890. The number of fused-ring (bicyclic) bond motifs is 6. The van der Waals surface area contributed by atoms with E-state index in [9.17, 15) is 0 Å². The Morgan fingerprint density at radius 2 is 0.885 bits per heavy atom. The molecule has 0 saturated carbocycles. The number of para-hydroxylation sites is 2. The molecule has 0 amide bonds. The Kier molecular flexibility index (Phi) is 7.18. The van der Waals surface area contributed by atoms with Gasteiger partial charge in [-0.25, -0.2) is 0 Å². The maximum absolute atomic E-state index is 6.39. The zero-order valence-corrected chi connectivity index (χ0v) is 28.4. The van der Waals surface area contributed by atoms with Crippen molar-refractivity contribution in [1.29, 1.82) is 0 Å². The van der Waals surface area contributed by atoms with E-state index in [1.165, 1.54) is 43.8 Å². The predicted molar refractivity (Wildman–Crippen MR) is 220 cm³/mol. The first kappa shape index (κ1) is 30.0. The second-order valence-corrected chi connectivity index (χ2v) is 13.3. The number of rotatable bonds is 6. The Hall–Kier alpha value is -6.90. The van der Waals surface area contributed by atoms with E-state index in [2.05, 4.69) is 193 Å². The molecule has 0 aliphatic carbocycles. The van der Waals surface area contributed by atoms with Gasteiger partial charge in [0.15, 0.2) is 0 Å². The molecule has 0 aliphatic rings. The average molecular weight is 664 g/mol. The third-order valence-electron chi connectivity index (χ3n) is 10.3. The summed E-state index contributed by atoms with van der Waals surface area (Å²) in [4.78, 5) is 2.35. The summed E-state index contributed by atoms with van der Waals surface area (Å²) in [6.07, 6.45) is 0. The van der Waals surface area contributed by atoms with Gasteiger partial charge in [0, 0.05) is 33.4 Å². The second-order valence-electron chi connectivity index (χ2n) is 13.3. The van der Waals surface area contributed by atoms with Gasteiger partial charge in [0.05, 0.1) is 0 Å². The standard InChI is InChI=1S/C50H33NO/c1-2-10-34(11-3-1)35-22-27-41(28-23-35)51(42-29-24-37(25-30-42)46-17-9-18-48-47-16-6-7-19-49(47)52-50(46)48)43-14-8-13-38(33-43)39-26-31-45-40(32-39)21-20-36-12-4-5-15-44(36)45/h1-33H. The fourth-order valence-electron chi connectivity index (χ4n) is 7.66. The zero-order valence-electron chi connectivity index (χ0n) is 28.4. The second kappa shape index (κ2) is 12.5. The number of hydrogen-bond acceptors (Lipinski definition) is 2. The molecule has 10 rings (SSSR count). The summed E-state index contributed by atoms with van der Waals surface area (Å²) in [5.74, 6) is 0. The highest BCUT2D eigenvalue weighted by molar-refractivity contribution is 6.10. The maximum atomic E-state index is 6.39. The van der Waals surface area contributed by atoms with Gasteiger partial charge in [-0.05, 0) is 97.9 Å². The minimum Gasteiger partial charge on any atom is -0.455 e. The third-order valence-corrected chi connectivity index (χ3v) is 10.3. The van der Waals surface area contributed by atoms with Crippen LogP contribution in [-0.2, 0) is 0 Å². The van der Waals surface area contributed by atoms with Crippen LogP contribution in [0.3, 0.4) is 0 Å². The van der Waals surface area contributed by atoms with E-state index < -0.39 is 0 Å². The van der Waals surface area contributed by atoms with Crippen molar-refractivity contribution < 1.29 is 4.42 Å². The molecule has 0 aliphatic heterocycles. The van der Waals surface area contributed by atoms with Crippen LogP contribution in [-0.4, -0.2) is 0 Å². The highest BCUT2D eigenvalue weighted by atomic mass is 16.3. The van der Waals surface area contributed by atoms with Crippen molar-refractivity contribution in [3.8, 4) is 33.4 Å². The first-order valence-corrected chi connectivity index (χ1v) is 17.8. The molecule has 0 fully saturated rings. The molecule has 244 valence electrons. The summed E-state index contributed by atoms with van der Waals surface area (Å²) >= 11 is 0. The van der Waals surface area contributed by atoms with Gasteiger partial charge in [0.2, 0.25) is 0 Å². The molecule has 0 bridgehead atoms. The van der Waals surface area contributed by atoms with Crippen LogP contribution in [0.15, 0.2) is 205 Å². The number of hydrogen-bond donors (Lipinski definition) is 0. The van der Waals surface area contributed by atoms with Crippen LogP contribution < -0.4 is 4.90 Å². The molecule has 0 saturated heterocycles. The highest BCUT2D eigenvalue weighted by Gasteiger charge is 2.16. The van der Waals surface area contributed by atoms with Gasteiger partial charge < -0.3 is 9.32 Å². The van der Waals surface area contributed by atoms with Crippen molar-refractivity contribution in [3.63, 3.8) is 0 Å². The quantitative estimate of drug-likeness (QED) is 0.165. The lowest BCUT2D eigenvalue weighted by Gasteiger charge is -2.26. The lowest BCUT2D eigenvalue weighted by atomic mass is 9.97. The molecule has 1 aromatic heterocycles. The fourth-order valence-corrected chi connectivity index (χ4v) is 7.66. The molecule has 0 radical (unpaired) electrons. The number of nitrogens with zero attached hydrogens (tertiary/aromatic N) is 1. The van der Waals surface area contributed by atoms with Crippen LogP contribution in [0.25, 0.3) is 76.9 Å². The van der Waals surface area contributed by atoms with E-state index in [0.29, 0.717) is 0 Å². The summed E-state index contributed by atoms with van der Waals surface area (Å²) < 4.78 is 6.39. The van der Waals surface area contributed by atoms with Gasteiger partial charge in [-0.1, -0.05) is 152 Å². The van der Waals surface area contributed by atoms with Crippen molar-refractivity contribution >= 4 is 60.5 Å². The summed E-state index contributed by atoms with van der Waals surface area (Å²) in [6.45, 7) is 0. The molecule has 52 heavy (non-hydrogen) atoms. The molecule has 0 spiro atoms. The average Bonchev–Trinajstić information content (AvgIpc) is 3.61. The topological polar surface area (TPSA) is 16.4 Å². The van der Waals surface area contributed by atoms with E-state index in [-0.39, 0.29) is 0 Å². The lowest BCUT2D eigenvalue weighted by molar-refractivity contribution is 0.670. The first-order valence-electron chi connectivity index (χ1n) is 17.8. The van der Waals surface area contributed by atoms with Crippen molar-refractivity contribution in [2.45, 2.75) is 0 Å². The molecule has 10 aromatic rings. The van der Waals surface area contributed by atoms with Crippen molar-refractivity contribution in [1.82, 2.24) is 0 Å². The summed E-state index contributed by atoms with van der Waals surface area (Å²) in [7, 11) is 0. The lowest BCUT2D eigenvalue weighted by Crippen LogP contribution is -2.10. The van der Waals surface area contributed by atoms with Gasteiger partial charge >= 0.3 is 0 Å². The van der Waals surface area contributed by atoms with E-state index in [4.69, 9.17) is 4.42 Å². The SMILES string of the molecule is c1ccc(-c2ccc(N(c3ccc(-c4cccc5c4oc4ccccc45)cc3)c3cccc(-c4ccc5c(ccc6ccccc65)c4)c3)cc2)cc1. The molecule has 0 atom stereocenters. The first-order chi connectivity index (χ1) is 25.8. The van der Waals surface area contributed by atoms with E-state index >= 15 is 0 Å². The molecule has 0 N–H and O–H groups in total. The summed E-state index contributed by atoms with van der Waals surface area (Å²) in [6, 6.07) is 71.7. The third kappa shape index (κ3) is 5.21. The summed E-state index contributed by atoms with van der Waals surface area (Å²) in [5.41, 5.74) is 12.1. The normalized spacial score (nSPS) is 11.5. The minimum absolute atomic E-state index is 0.909. The van der Waals surface area contributed by atoms with E-state index in [1.54, 1.807) is 0 Å². The number of benzene rings is 9. The van der Waals surface area contributed by atoms with Gasteiger partial charge in [-0.3, -0.25) is 0 Å². The number of anilines is 3. The van der Waals surface area contributed by atoms with E-state index in [1.807, 2.05) is 12.1 Å². The molecular weight excluding hydrogens is 631 g/mol. The van der Waals surface area contributed by atoms with Crippen LogP contribution in [0, 0.1) is 0 Å². The van der Waals surface area contributed by atoms with Crippen LogP contribution in [0.5, 0.6) is 0 Å². The van der Waals surface area contributed by atoms with Crippen molar-refractivity contribution in [3.05, 3.63) is 200 Å². The Morgan fingerprint density at radius 3 is 1.71 bits per heavy atom. The largest absolute Gasteiger partial charge is 0.455 e. The number of furan rings is 1. The van der Waals surface area contributed by atoms with Gasteiger partial charge in [0.1, 0.15) is 11.2 Å². The molecule has 1 heterocycles. The van der Waals surface area contributed by atoms with Gasteiger partial charge in [-0.15, -0.1) is 0 Å². The van der Waals surface area contributed by atoms with Crippen LogP contribution >= 0.6 is 0 Å². The smallest absolute Gasteiger partial charge is 0.143 e. The molecular formula is C50H33NO. The van der Waals surface area contributed by atoms with Crippen molar-refractivity contribution in [2.75, 3.05) is 4.90 Å². The van der Waals surface area contributed by atoms with Crippen LogP contribution in [0.4, 0.5) is 17.1 Å². The molecule has 0 unspecified atom stereocenters. The zero-order chi connectivity index (χ0) is 34.4. The van der Waals surface area contributed by atoms with E-state index in [0.717, 1.165) is 50.1 Å². The molecule has 9 aromatic carbocycles. The fraction of sp³-hybridized carbons (Fsp3) is 0. The van der Waals surface area contributed by atoms with Crippen molar-refractivity contribution in [2.24, 2.45) is 0 Å². The minimum atomic E-state index is 0.909. The monoisotopic (exact) mass is 663 g/mol. The Balaban J connectivity index is 1.07. The summed E-state index contributed by atoms with van der Waals surface area (Å²) in [5, 5.41) is 7.34. The Labute approximate surface area is 302 Å². The van der Waals surface area contributed by atoms with Crippen LogP contribution in [0.1, 0.15) is 0 Å². The Morgan fingerprint density at radius 1 is 0.308 bits per heavy atom. The predicted octanol–water partition coefficient (Wildman–Crippen LogP) is 14.4. The molecule has 2 heteroatoms. The van der Waals surface area contributed by atoms with Crippen LogP contribution in [0.2, 0.25) is 0 Å². The molecule has 2 nitrogen and oxygen atoms in total. The highest BCUT2D eigenvalue weighted by Crippen LogP contribution is 2.41. The maximum Gasteiger partial charge on any atom is 0.143 e. The van der Waals surface area contributed by atoms with Gasteiger partial charge in [-0.2, -0.15) is 0 Å². The van der Waals surface area contributed by atoms with Gasteiger partial charge in [0.25, 0.3) is 0 Å².